The van der Waals surface area contributed by atoms with E-state index in [2.05, 4.69) is 15.3 Å². The van der Waals surface area contributed by atoms with Gasteiger partial charge in [0.2, 0.25) is 5.91 Å². The zero-order valence-corrected chi connectivity index (χ0v) is 16.6. The number of aromatic nitrogens is 2. The van der Waals surface area contributed by atoms with Gasteiger partial charge >= 0.3 is 0 Å². The molecule has 0 bridgehead atoms. The molecule has 7 heteroatoms. The molecule has 0 spiro atoms. The summed E-state index contributed by atoms with van der Waals surface area (Å²) in [5, 5.41) is 3.69. The Balaban J connectivity index is 1.42. The van der Waals surface area contributed by atoms with E-state index in [9.17, 15) is 9.59 Å². The van der Waals surface area contributed by atoms with Crippen LogP contribution in [0.2, 0.25) is 0 Å². The van der Waals surface area contributed by atoms with Crippen LogP contribution in [0.25, 0.3) is 0 Å². The normalized spacial score (nSPS) is 12.7. The van der Waals surface area contributed by atoms with Gasteiger partial charge in [-0.25, -0.2) is 4.98 Å². The Kier molecular flexibility index (Phi) is 5.86. The highest BCUT2D eigenvalue weighted by Crippen LogP contribution is 2.39. The Morgan fingerprint density at radius 3 is 2.79 bits per heavy atom. The molecular formula is C22H20N4O2S. The first-order valence-corrected chi connectivity index (χ1v) is 10.2. The molecule has 1 aromatic carbocycles. The second-order valence-corrected chi connectivity index (χ2v) is 7.65. The summed E-state index contributed by atoms with van der Waals surface area (Å²) in [6.07, 6.45) is 6.07. The molecule has 29 heavy (non-hydrogen) atoms. The van der Waals surface area contributed by atoms with Gasteiger partial charge in [-0.2, -0.15) is 0 Å². The monoisotopic (exact) mass is 404 g/mol. The van der Waals surface area contributed by atoms with Crippen LogP contribution in [0.15, 0.2) is 77.0 Å². The van der Waals surface area contributed by atoms with Crippen LogP contribution in [-0.2, 0) is 11.3 Å². The number of rotatable bonds is 6. The number of carbonyl (C=O) groups excluding carboxylic acids is 2. The van der Waals surface area contributed by atoms with Crippen LogP contribution < -0.4 is 10.2 Å². The van der Waals surface area contributed by atoms with Crippen molar-refractivity contribution in [1.82, 2.24) is 15.3 Å². The van der Waals surface area contributed by atoms with E-state index in [1.165, 1.54) is 11.8 Å². The first kappa shape index (κ1) is 19.1. The van der Waals surface area contributed by atoms with E-state index >= 15 is 0 Å². The first-order chi connectivity index (χ1) is 14.2. The smallest absolute Gasteiger partial charge is 0.259 e. The van der Waals surface area contributed by atoms with Crippen molar-refractivity contribution in [2.24, 2.45) is 0 Å². The number of anilines is 1. The van der Waals surface area contributed by atoms with Crippen molar-refractivity contribution in [3.63, 3.8) is 0 Å². The number of benzene rings is 1. The Bertz CT molecular complexity index is 1030. The molecule has 4 rings (SSSR count). The number of fused-ring (bicyclic) bond motifs is 2. The SMILES string of the molecule is O=C(CCCN1C(=O)c2ccccc2Sc2ncccc21)NCc1cccnc1. The lowest BCUT2D eigenvalue weighted by molar-refractivity contribution is -0.121. The molecule has 0 aliphatic carbocycles. The summed E-state index contributed by atoms with van der Waals surface area (Å²) in [6.45, 7) is 0.902. The van der Waals surface area contributed by atoms with E-state index in [1.807, 2.05) is 48.5 Å². The minimum Gasteiger partial charge on any atom is -0.352 e. The summed E-state index contributed by atoms with van der Waals surface area (Å²) in [5.74, 6) is -0.104. The lowest BCUT2D eigenvalue weighted by Crippen LogP contribution is -2.33. The summed E-state index contributed by atoms with van der Waals surface area (Å²) in [7, 11) is 0. The number of hydrogen-bond acceptors (Lipinski definition) is 5. The predicted molar refractivity (Wildman–Crippen MR) is 112 cm³/mol. The van der Waals surface area contributed by atoms with E-state index in [1.54, 1.807) is 23.5 Å². The van der Waals surface area contributed by atoms with Crippen LogP contribution in [0, 0.1) is 0 Å². The average molecular weight is 404 g/mol. The van der Waals surface area contributed by atoms with E-state index in [0.29, 0.717) is 31.5 Å². The standard InChI is InChI=1S/C22H20N4O2S/c27-20(25-15-16-6-3-11-23-14-16)10-5-13-26-18-8-4-12-24-21(18)29-19-9-2-1-7-17(19)22(26)28/h1-4,6-9,11-12,14H,5,10,13,15H2,(H,25,27). The van der Waals surface area contributed by atoms with Gasteiger partial charge in [0.05, 0.1) is 11.3 Å². The van der Waals surface area contributed by atoms with Gasteiger partial charge < -0.3 is 10.2 Å². The van der Waals surface area contributed by atoms with Gasteiger partial charge in [-0.3, -0.25) is 14.6 Å². The second-order valence-electron chi connectivity index (χ2n) is 6.62. The van der Waals surface area contributed by atoms with Crippen molar-refractivity contribution in [3.05, 3.63) is 78.2 Å². The summed E-state index contributed by atoms with van der Waals surface area (Å²) in [6, 6.07) is 15.1. The van der Waals surface area contributed by atoms with E-state index in [4.69, 9.17) is 0 Å². The van der Waals surface area contributed by atoms with Crippen molar-refractivity contribution in [2.45, 2.75) is 29.3 Å². The summed E-state index contributed by atoms with van der Waals surface area (Å²) in [5.41, 5.74) is 2.41. The molecule has 146 valence electrons. The van der Waals surface area contributed by atoms with Crippen LogP contribution in [-0.4, -0.2) is 28.3 Å². The van der Waals surface area contributed by atoms with E-state index in [-0.39, 0.29) is 11.8 Å². The fourth-order valence-electron chi connectivity index (χ4n) is 3.17. The predicted octanol–water partition coefficient (Wildman–Crippen LogP) is 3.68. The number of amides is 2. The lowest BCUT2D eigenvalue weighted by Gasteiger charge is -2.22. The van der Waals surface area contributed by atoms with Crippen molar-refractivity contribution in [3.8, 4) is 0 Å². The molecule has 6 nitrogen and oxygen atoms in total. The minimum atomic E-state index is -0.0596. The number of carbonyl (C=O) groups is 2. The van der Waals surface area contributed by atoms with E-state index < -0.39 is 0 Å². The molecule has 3 heterocycles. The molecule has 1 aliphatic rings. The van der Waals surface area contributed by atoms with E-state index in [0.717, 1.165) is 21.2 Å². The van der Waals surface area contributed by atoms with Gasteiger partial charge in [-0.05, 0) is 42.3 Å². The fourth-order valence-corrected chi connectivity index (χ4v) is 4.19. The van der Waals surface area contributed by atoms with Crippen molar-refractivity contribution in [1.29, 1.82) is 0 Å². The summed E-state index contributed by atoms with van der Waals surface area (Å²) < 4.78 is 0. The van der Waals surface area contributed by atoms with Crippen molar-refractivity contribution >= 4 is 29.3 Å². The third-order valence-electron chi connectivity index (χ3n) is 4.61. The van der Waals surface area contributed by atoms with Crippen LogP contribution in [0.1, 0.15) is 28.8 Å². The van der Waals surface area contributed by atoms with Gasteiger partial charge in [0.1, 0.15) is 5.03 Å². The molecule has 3 aromatic rings. The molecule has 0 fully saturated rings. The maximum absolute atomic E-state index is 13.2. The highest BCUT2D eigenvalue weighted by molar-refractivity contribution is 7.99. The van der Waals surface area contributed by atoms with Crippen LogP contribution >= 0.6 is 11.8 Å². The van der Waals surface area contributed by atoms with Crippen LogP contribution in [0.3, 0.4) is 0 Å². The Hall–Kier alpha value is -3.19. The van der Waals surface area contributed by atoms with Gasteiger partial charge in [0.25, 0.3) is 5.91 Å². The minimum absolute atomic E-state index is 0.0442. The number of nitrogens with one attached hydrogen (secondary N) is 1. The lowest BCUT2D eigenvalue weighted by atomic mass is 10.1. The third kappa shape index (κ3) is 4.46. The number of pyridine rings is 2. The zero-order valence-electron chi connectivity index (χ0n) is 15.7. The van der Waals surface area contributed by atoms with Gasteiger partial charge in [-0.15, -0.1) is 0 Å². The van der Waals surface area contributed by atoms with Crippen molar-refractivity contribution < 1.29 is 9.59 Å². The maximum Gasteiger partial charge on any atom is 0.259 e. The first-order valence-electron chi connectivity index (χ1n) is 9.42. The molecule has 0 saturated carbocycles. The molecular weight excluding hydrogens is 384 g/mol. The van der Waals surface area contributed by atoms with Crippen LogP contribution in [0.4, 0.5) is 5.69 Å². The largest absolute Gasteiger partial charge is 0.352 e. The zero-order chi connectivity index (χ0) is 20.1. The Morgan fingerprint density at radius 2 is 1.93 bits per heavy atom. The third-order valence-corrected chi connectivity index (χ3v) is 5.69. The molecule has 0 radical (unpaired) electrons. The Labute approximate surface area is 173 Å². The highest BCUT2D eigenvalue weighted by atomic mass is 32.2. The molecule has 2 aromatic heterocycles. The number of nitrogens with zero attached hydrogens (tertiary/aromatic N) is 3. The molecule has 0 atom stereocenters. The number of hydrogen-bond donors (Lipinski definition) is 1. The molecule has 2 amide bonds. The molecule has 0 saturated heterocycles. The fraction of sp³-hybridized carbons (Fsp3) is 0.182. The van der Waals surface area contributed by atoms with Gasteiger partial charge in [-0.1, -0.05) is 30.0 Å². The van der Waals surface area contributed by atoms with Crippen LogP contribution in [0.5, 0.6) is 0 Å². The average Bonchev–Trinajstić information content (AvgIpc) is 2.88. The summed E-state index contributed by atoms with van der Waals surface area (Å²) in [4.78, 5) is 36.5. The van der Waals surface area contributed by atoms with Crippen molar-refractivity contribution in [2.75, 3.05) is 11.4 Å². The van der Waals surface area contributed by atoms with Gasteiger partial charge in [0, 0.05) is 43.0 Å². The molecule has 1 N–H and O–H groups in total. The quantitative estimate of drug-likeness (QED) is 0.678. The topological polar surface area (TPSA) is 75.2 Å². The summed E-state index contributed by atoms with van der Waals surface area (Å²) >= 11 is 1.50. The molecule has 0 unspecified atom stereocenters. The maximum atomic E-state index is 13.2. The highest BCUT2D eigenvalue weighted by Gasteiger charge is 2.27. The Morgan fingerprint density at radius 1 is 1.07 bits per heavy atom. The van der Waals surface area contributed by atoms with Gasteiger partial charge in [0.15, 0.2) is 0 Å². The second kappa shape index (κ2) is 8.87. The molecule has 1 aliphatic heterocycles.